The summed E-state index contributed by atoms with van der Waals surface area (Å²) >= 11 is 0. The normalized spacial score (nSPS) is 12.7. The average molecular weight is 389 g/mol. The number of halogens is 5. The molecule has 146 valence electrons. The van der Waals surface area contributed by atoms with Gasteiger partial charge in [0.15, 0.2) is 6.54 Å². The van der Waals surface area contributed by atoms with Gasteiger partial charge in [0.2, 0.25) is 0 Å². The van der Waals surface area contributed by atoms with E-state index >= 15 is 0 Å². The van der Waals surface area contributed by atoms with E-state index < -0.39 is 24.3 Å². The van der Waals surface area contributed by atoms with E-state index in [1.54, 1.807) is 13.1 Å². The summed E-state index contributed by atoms with van der Waals surface area (Å²) in [6.45, 7) is -2.71. The van der Waals surface area contributed by atoms with Crippen LogP contribution in [-0.2, 0) is 17.5 Å². The number of likely N-dealkylation sites (N-methyl/N-ethyl adjacent to an activating group) is 1. The Labute approximate surface area is 152 Å². The topological polar surface area (TPSA) is 42.8 Å². The third kappa shape index (κ3) is 6.52. The summed E-state index contributed by atoms with van der Waals surface area (Å²) in [5.41, 5.74) is 0.0112. The van der Waals surface area contributed by atoms with Crippen molar-refractivity contribution < 1.29 is 36.4 Å². The number of amides is 1. The lowest BCUT2D eigenvalue weighted by molar-refractivity contribution is -0.885. The zero-order valence-corrected chi connectivity index (χ0v) is 14.3. The molecule has 0 heterocycles. The van der Waals surface area contributed by atoms with Crippen LogP contribution in [0.3, 0.4) is 0 Å². The second-order valence-corrected chi connectivity index (χ2v) is 5.93. The molecule has 0 spiro atoms. The molecule has 2 aromatic carbocycles. The van der Waals surface area contributed by atoms with Crippen LogP contribution in [0.4, 0.5) is 27.6 Å². The van der Waals surface area contributed by atoms with Crippen molar-refractivity contribution in [2.75, 3.05) is 18.9 Å². The molecule has 2 N–H and O–H groups in total. The molecule has 1 unspecified atom stereocenters. The monoisotopic (exact) mass is 389 g/mol. The first kappa shape index (κ1) is 20.6. The van der Waals surface area contributed by atoms with Gasteiger partial charge in [0.05, 0.1) is 18.3 Å². The summed E-state index contributed by atoms with van der Waals surface area (Å²) in [5, 5.41) is 2.49. The molecular formula is C18H18F5N2O2+. The quantitative estimate of drug-likeness (QED) is 0.715. The van der Waals surface area contributed by atoms with Crippen molar-refractivity contribution in [3.05, 3.63) is 59.7 Å². The molecule has 0 aliphatic carbocycles. The van der Waals surface area contributed by atoms with Crippen LogP contribution in [0.1, 0.15) is 11.1 Å². The van der Waals surface area contributed by atoms with E-state index in [0.717, 1.165) is 12.1 Å². The van der Waals surface area contributed by atoms with Crippen molar-refractivity contribution in [3.63, 3.8) is 0 Å². The third-order valence-corrected chi connectivity index (χ3v) is 3.63. The van der Waals surface area contributed by atoms with Gasteiger partial charge in [-0.3, -0.25) is 4.79 Å². The van der Waals surface area contributed by atoms with Gasteiger partial charge in [0.25, 0.3) is 5.91 Å². The number of hydrogen-bond acceptors (Lipinski definition) is 2. The molecular weight excluding hydrogens is 371 g/mol. The molecule has 9 heteroatoms. The van der Waals surface area contributed by atoms with Gasteiger partial charge in [-0.25, -0.2) is 0 Å². The second kappa shape index (κ2) is 8.81. The van der Waals surface area contributed by atoms with Crippen LogP contribution in [0.15, 0.2) is 48.5 Å². The van der Waals surface area contributed by atoms with Gasteiger partial charge in [-0.2, -0.15) is 22.0 Å². The molecule has 1 atom stereocenters. The number of nitrogens with one attached hydrogen (secondary N) is 2. The van der Waals surface area contributed by atoms with Crippen LogP contribution in [0, 0.1) is 0 Å². The Kier molecular flexibility index (Phi) is 6.73. The predicted molar refractivity (Wildman–Crippen MR) is 88.6 cm³/mol. The molecule has 0 aliphatic rings. The van der Waals surface area contributed by atoms with Gasteiger partial charge >= 0.3 is 12.8 Å². The maximum Gasteiger partial charge on any atom is 0.416 e. The highest BCUT2D eigenvalue weighted by Crippen LogP contribution is 2.29. The number of quaternary nitrogens is 1. The lowest BCUT2D eigenvalue weighted by Gasteiger charge is -2.16. The van der Waals surface area contributed by atoms with Crippen LogP contribution >= 0.6 is 0 Å². The maximum atomic E-state index is 12.6. The first-order valence-corrected chi connectivity index (χ1v) is 7.96. The number of benzene rings is 2. The van der Waals surface area contributed by atoms with Crippen molar-refractivity contribution in [1.82, 2.24) is 0 Å². The lowest BCUT2D eigenvalue weighted by atomic mass is 10.1. The van der Waals surface area contributed by atoms with Crippen LogP contribution in [0.5, 0.6) is 5.75 Å². The number of anilines is 1. The predicted octanol–water partition coefficient (Wildman–Crippen LogP) is 2.96. The molecule has 4 nitrogen and oxygen atoms in total. The van der Waals surface area contributed by atoms with Gasteiger partial charge in [0.1, 0.15) is 12.3 Å². The Hall–Kier alpha value is -2.68. The summed E-state index contributed by atoms with van der Waals surface area (Å²) in [6, 6.07) is 10.5. The molecule has 2 aromatic rings. The van der Waals surface area contributed by atoms with Gasteiger partial charge < -0.3 is 15.0 Å². The maximum absolute atomic E-state index is 12.6. The number of para-hydroxylation sites is 2. The molecule has 0 aromatic heterocycles. The zero-order valence-electron chi connectivity index (χ0n) is 14.3. The third-order valence-electron chi connectivity index (χ3n) is 3.63. The van der Waals surface area contributed by atoms with E-state index in [4.69, 9.17) is 0 Å². The Morgan fingerprint density at radius 1 is 1.11 bits per heavy atom. The molecule has 2 rings (SSSR count). The molecule has 27 heavy (non-hydrogen) atoms. The Bertz CT molecular complexity index is 763. The van der Waals surface area contributed by atoms with Crippen LogP contribution < -0.4 is 15.0 Å². The highest BCUT2D eigenvalue weighted by atomic mass is 19.4. The van der Waals surface area contributed by atoms with Crippen LogP contribution in [-0.4, -0.2) is 26.1 Å². The SMILES string of the molecule is C[NH+](CC(=O)Nc1ccccc1OC(F)F)Cc1ccc(C(F)(F)F)cc1. The Morgan fingerprint density at radius 2 is 1.74 bits per heavy atom. The summed E-state index contributed by atoms with van der Waals surface area (Å²) in [5.74, 6) is -0.592. The Morgan fingerprint density at radius 3 is 2.33 bits per heavy atom. The van der Waals surface area contributed by atoms with Crippen molar-refractivity contribution >= 4 is 11.6 Å². The lowest BCUT2D eigenvalue weighted by Crippen LogP contribution is -3.08. The van der Waals surface area contributed by atoms with Gasteiger partial charge in [-0.1, -0.05) is 24.3 Å². The standard InChI is InChI=1S/C18H17F5N2O2/c1-25(10-12-6-8-13(9-7-12)18(21,22)23)11-16(26)24-14-4-2-3-5-15(14)27-17(19)20/h2-9,17H,10-11H2,1H3,(H,24,26)/p+1. The van der Waals surface area contributed by atoms with E-state index in [-0.39, 0.29) is 18.0 Å². The minimum atomic E-state index is -4.40. The number of alkyl halides is 5. The fourth-order valence-corrected chi connectivity index (χ4v) is 2.46. The molecule has 0 saturated heterocycles. The smallest absolute Gasteiger partial charge is 0.416 e. The zero-order chi connectivity index (χ0) is 20.0. The number of hydrogen-bond donors (Lipinski definition) is 2. The molecule has 0 bridgehead atoms. The second-order valence-electron chi connectivity index (χ2n) is 5.93. The van der Waals surface area contributed by atoms with E-state index in [9.17, 15) is 26.7 Å². The van der Waals surface area contributed by atoms with E-state index in [1.807, 2.05) is 0 Å². The number of ether oxygens (including phenoxy) is 1. The van der Waals surface area contributed by atoms with Gasteiger partial charge in [-0.15, -0.1) is 0 Å². The summed E-state index contributed by atoms with van der Waals surface area (Å²) in [4.78, 5) is 12.8. The van der Waals surface area contributed by atoms with E-state index in [0.29, 0.717) is 17.0 Å². The van der Waals surface area contributed by atoms with Crippen molar-refractivity contribution in [3.8, 4) is 5.75 Å². The largest absolute Gasteiger partial charge is 0.433 e. The van der Waals surface area contributed by atoms with Gasteiger partial charge in [-0.05, 0) is 24.3 Å². The number of carbonyl (C=O) groups excluding carboxylic acids is 1. The Balaban J connectivity index is 1.92. The first-order chi connectivity index (χ1) is 12.6. The highest BCUT2D eigenvalue weighted by molar-refractivity contribution is 5.92. The molecule has 0 saturated carbocycles. The van der Waals surface area contributed by atoms with Crippen molar-refractivity contribution in [1.29, 1.82) is 0 Å². The van der Waals surface area contributed by atoms with Crippen LogP contribution in [0.25, 0.3) is 0 Å². The molecule has 0 aliphatic heterocycles. The number of carbonyl (C=O) groups is 1. The summed E-state index contributed by atoms with van der Waals surface area (Å²) in [6.07, 6.45) is -4.40. The van der Waals surface area contributed by atoms with E-state index in [1.165, 1.54) is 30.3 Å². The average Bonchev–Trinajstić information content (AvgIpc) is 2.55. The van der Waals surface area contributed by atoms with Gasteiger partial charge in [0, 0.05) is 5.56 Å². The van der Waals surface area contributed by atoms with Crippen molar-refractivity contribution in [2.24, 2.45) is 0 Å². The molecule has 0 radical (unpaired) electrons. The molecule has 1 amide bonds. The minimum Gasteiger partial charge on any atom is -0.433 e. The van der Waals surface area contributed by atoms with Crippen LogP contribution in [0.2, 0.25) is 0 Å². The molecule has 0 fully saturated rings. The highest BCUT2D eigenvalue weighted by Gasteiger charge is 2.30. The summed E-state index contributed by atoms with van der Waals surface area (Å²) in [7, 11) is 1.69. The van der Waals surface area contributed by atoms with E-state index in [2.05, 4.69) is 10.1 Å². The minimum absolute atomic E-state index is 0.00989. The number of rotatable bonds is 7. The summed E-state index contributed by atoms with van der Waals surface area (Å²) < 4.78 is 66.8. The van der Waals surface area contributed by atoms with Crippen molar-refractivity contribution in [2.45, 2.75) is 19.3 Å². The first-order valence-electron chi connectivity index (χ1n) is 7.96. The fraction of sp³-hybridized carbons (Fsp3) is 0.278. The fourth-order valence-electron chi connectivity index (χ4n) is 2.46.